The van der Waals surface area contributed by atoms with E-state index in [1.54, 1.807) is 10.9 Å². The maximum Gasteiger partial charge on any atom is 0.228 e. The lowest BCUT2D eigenvalue weighted by atomic mass is 10.3. The minimum Gasteiger partial charge on any atom is -0.473 e. The molecule has 1 N–H and O–H groups in total. The van der Waals surface area contributed by atoms with Gasteiger partial charge in [0, 0.05) is 6.54 Å². The van der Waals surface area contributed by atoms with Crippen molar-refractivity contribution in [3.05, 3.63) is 42.9 Å². The highest BCUT2D eigenvalue weighted by Gasteiger charge is 2.13. The van der Waals surface area contributed by atoms with Gasteiger partial charge in [-0.05, 0) is 26.1 Å². The molecule has 1 atom stereocenters. The first-order valence-electron chi connectivity index (χ1n) is 6.85. The van der Waals surface area contributed by atoms with Crippen molar-refractivity contribution in [2.24, 2.45) is 0 Å². The van der Waals surface area contributed by atoms with Crippen LogP contribution < -0.4 is 10.1 Å². The predicted molar refractivity (Wildman–Crippen MR) is 80.7 cm³/mol. The van der Waals surface area contributed by atoms with Crippen LogP contribution in [0.2, 0.25) is 0 Å². The highest BCUT2D eigenvalue weighted by Crippen LogP contribution is 2.23. The summed E-state index contributed by atoms with van der Waals surface area (Å²) in [5.41, 5.74) is 1.70. The molecule has 0 aliphatic rings. The van der Waals surface area contributed by atoms with Crippen molar-refractivity contribution in [1.29, 1.82) is 0 Å². The fraction of sp³-hybridized carbons (Fsp3) is 0.267. The van der Waals surface area contributed by atoms with E-state index in [2.05, 4.69) is 20.4 Å². The van der Waals surface area contributed by atoms with Gasteiger partial charge in [0.1, 0.15) is 17.8 Å². The summed E-state index contributed by atoms with van der Waals surface area (Å²) in [6, 6.07) is 9.88. The number of nitrogens with one attached hydrogen (secondary N) is 1. The summed E-state index contributed by atoms with van der Waals surface area (Å²) in [4.78, 5) is 8.55. The molecule has 0 saturated carbocycles. The van der Waals surface area contributed by atoms with E-state index in [1.165, 1.54) is 6.33 Å². The van der Waals surface area contributed by atoms with Gasteiger partial charge in [0.25, 0.3) is 0 Å². The average molecular weight is 283 g/mol. The Morgan fingerprint density at radius 1 is 1.24 bits per heavy atom. The van der Waals surface area contributed by atoms with Gasteiger partial charge in [0.05, 0.1) is 11.9 Å². The molecule has 108 valence electrons. The molecule has 0 amide bonds. The number of nitrogens with zero attached hydrogens (tertiary/aromatic N) is 4. The molecule has 1 aromatic carbocycles. The van der Waals surface area contributed by atoms with Crippen molar-refractivity contribution in [3.8, 4) is 11.6 Å². The van der Waals surface area contributed by atoms with Crippen LogP contribution in [0.4, 0.5) is 0 Å². The molecule has 0 aliphatic heterocycles. The largest absolute Gasteiger partial charge is 0.473 e. The monoisotopic (exact) mass is 283 g/mol. The zero-order valence-electron chi connectivity index (χ0n) is 12.0. The Balaban J connectivity index is 2.00. The highest BCUT2D eigenvalue weighted by molar-refractivity contribution is 5.81. The Bertz CT molecular complexity index is 725. The predicted octanol–water partition coefficient (Wildman–Crippen LogP) is 1.80. The lowest BCUT2D eigenvalue weighted by Gasteiger charge is -2.13. The van der Waals surface area contributed by atoms with Crippen molar-refractivity contribution in [2.45, 2.75) is 13.0 Å². The van der Waals surface area contributed by atoms with E-state index in [4.69, 9.17) is 4.74 Å². The van der Waals surface area contributed by atoms with Gasteiger partial charge in [0.15, 0.2) is 5.65 Å². The first-order valence-corrected chi connectivity index (χ1v) is 6.85. The lowest BCUT2D eigenvalue weighted by molar-refractivity contribution is 0.214. The molecule has 0 fully saturated rings. The van der Waals surface area contributed by atoms with Gasteiger partial charge < -0.3 is 10.1 Å². The van der Waals surface area contributed by atoms with Crippen molar-refractivity contribution in [1.82, 2.24) is 25.1 Å². The summed E-state index contributed by atoms with van der Waals surface area (Å²) in [7, 11) is 1.89. The fourth-order valence-corrected chi connectivity index (χ4v) is 2.19. The fourth-order valence-electron chi connectivity index (χ4n) is 2.19. The van der Waals surface area contributed by atoms with Gasteiger partial charge in [0.2, 0.25) is 5.88 Å². The molecule has 0 bridgehead atoms. The van der Waals surface area contributed by atoms with Crippen molar-refractivity contribution in [3.63, 3.8) is 0 Å². The minimum absolute atomic E-state index is 0.0215. The van der Waals surface area contributed by atoms with Gasteiger partial charge in [-0.2, -0.15) is 5.10 Å². The maximum absolute atomic E-state index is 5.85. The first-order chi connectivity index (χ1) is 10.3. The molecule has 6 nitrogen and oxygen atoms in total. The van der Waals surface area contributed by atoms with E-state index in [0.29, 0.717) is 5.88 Å². The number of fused-ring (bicyclic) bond motifs is 1. The van der Waals surface area contributed by atoms with Crippen LogP contribution in [0.15, 0.2) is 42.9 Å². The molecular weight excluding hydrogens is 266 g/mol. The summed E-state index contributed by atoms with van der Waals surface area (Å²) in [5, 5.41) is 8.29. The molecule has 3 aromatic rings. The number of aromatic nitrogens is 4. The van der Waals surface area contributed by atoms with Crippen LogP contribution in [0, 0.1) is 0 Å². The Morgan fingerprint density at radius 2 is 2.05 bits per heavy atom. The molecule has 0 saturated heterocycles. The van der Waals surface area contributed by atoms with Gasteiger partial charge >= 0.3 is 0 Å². The molecule has 2 heterocycles. The van der Waals surface area contributed by atoms with E-state index in [9.17, 15) is 0 Å². The standard InChI is InChI=1S/C15H17N5O/c1-11(8-16-2)21-15-13-9-19-20(14(13)17-10-18-15)12-6-4-3-5-7-12/h3-7,9-11,16H,8H2,1-2H3. The van der Waals surface area contributed by atoms with Crippen LogP contribution in [0.25, 0.3) is 16.7 Å². The maximum atomic E-state index is 5.85. The summed E-state index contributed by atoms with van der Waals surface area (Å²) >= 11 is 0. The van der Waals surface area contributed by atoms with E-state index < -0.39 is 0 Å². The number of rotatable bonds is 5. The third kappa shape index (κ3) is 2.71. The molecule has 21 heavy (non-hydrogen) atoms. The summed E-state index contributed by atoms with van der Waals surface area (Å²) in [5.74, 6) is 0.560. The second kappa shape index (κ2) is 5.88. The minimum atomic E-state index is 0.0215. The van der Waals surface area contributed by atoms with E-state index in [0.717, 1.165) is 23.3 Å². The quantitative estimate of drug-likeness (QED) is 0.773. The zero-order chi connectivity index (χ0) is 14.7. The Labute approximate surface area is 122 Å². The molecule has 3 rings (SSSR count). The molecular formula is C15H17N5O. The molecule has 6 heteroatoms. The van der Waals surface area contributed by atoms with E-state index >= 15 is 0 Å². The Morgan fingerprint density at radius 3 is 2.81 bits per heavy atom. The normalized spacial score (nSPS) is 12.5. The third-order valence-corrected chi connectivity index (χ3v) is 3.13. The van der Waals surface area contributed by atoms with Gasteiger partial charge in [-0.15, -0.1) is 0 Å². The molecule has 0 radical (unpaired) electrons. The topological polar surface area (TPSA) is 64.9 Å². The van der Waals surface area contributed by atoms with Gasteiger partial charge in [-0.25, -0.2) is 14.6 Å². The van der Waals surface area contributed by atoms with Crippen molar-refractivity contribution in [2.75, 3.05) is 13.6 Å². The summed E-state index contributed by atoms with van der Waals surface area (Å²) < 4.78 is 7.63. The van der Waals surface area contributed by atoms with Crippen LogP contribution in [-0.2, 0) is 0 Å². The van der Waals surface area contributed by atoms with Crippen molar-refractivity contribution >= 4 is 11.0 Å². The summed E-state index contributed by atoms with van der Waals surface area (Å²) in [6.07, 6.45) is 3.27. The SMILES string of the molecule is CNCC(C)Oc1ncnc2c1cnn2-c1ccccc1. The van der Waals surface area contributed by atoms with E-state index in [1.807, 2.05) is 44.3 Å². The second-order valence-corrected chi connectivity index (χ2v) is 4.79. The number of hydrogen-bond acceptors (Lipinski definition) is 5. The second-order valence-electron chi connectivity index (χ2n) is 4.79. The van der Waals surface area contributed by atoms with E-state index in [-0.39, 0.29) is 6.10 Å². The molecule has 0 spiro atoms. The Hall–Kier alpha value is -2.47. The molecule has 2 aromatic heterocycles. The number of para-hydroxylation sites is 1. The van der Waals surface area contributed by atoms with Crippen LogP contribution in [0.1, 0.15) is 6.92 Å². The number of likely N-dealkylation sites (N-methyl/N-ethyl adjacent to an activating group) is 1. The van der Waals surface area contributed by atoms with Crippen LogP contribution in [0.5, 0.6) is 5.88 Å². The lowest BCUT2D eigenvalue weighted by Crippen LogP contribution is -2.26. The van der Waals surface area contributed by atoms with Crippen LogP contribution in [-0.4, -0.2) is 39.4 Å². The van der Waals surface area contributed by atoms with Crippen LogP contribution in [0.3, 0.4) is 0 Å². The average Bonchev–Trinajstić information content (AvgIpc) is 2.93. The van der Waals surface area contributed by atoms with Crippen LogP contribution >= 0.6 is 0 Å². The van der Waals surface area contributed by atoms with Gasteiger partial charge in [-0.3, -0.25) is 0 Å². The molecule has 1 unspecified atom stereocenters. The number of ether oxygens (including phenoxy) is 1. The highest BCUT2D eigenvalue weighted by atomic mass is 16.5. The number of hydrogen-bond donors (Lipinski definition) is 1. The molecule has 0 aliphatic carbocycles. The summed E-state index contributed by atoms with van der Waals surface area (Å²) in [6.45, 7) is 2.74. The number of benzene rings is 1. The van der Waals surface area contributed by atoms with Crippen molar-refractivity contribution < 1.29 is 4.74 Å². The smallest absolute Gasteiger partial charge is 0.228 e. The third-order valence-electron chi connectivity index (χ3n) is 3.13. The van der Waals surface area contributed by atoms with Gasteiger partial charge in [-0.1, -0.05) is 18.2 Å². The zero-order valence-corrected chi connectivity index (χ0v) is 12.0. The Kier molecular flexibility index (Phi) is 3.79. The first kappa shape index (κ1) is 13.5.